The molecule has 0 spiro atoms. The third-order valence-corrected chi connectivity index (χ3v) is 6.46. The number of fused-ring (bicyclic) bond motifs is 3. The first kappa shape index (κ1) is 23.0. The average Bonchev–Trinajstić information content (AvgIpc) is 3.33. The van der Waals surface area contributed by atoms with Gasteiger partial charge in [-0.05, 0) is 61.2 Å². The summed E-state index contributed by atoms with van der Waals surface area (Å²) in [5, 5.41) is 17.2. The molecule has 5 rings (SSSR count). The van der Waals surface area contributed by atoms with Gasteiger partial charge in [0.2, 0.25) is 5.91 Å². The molecule has 1 aliphatic carbocycles. The van der Waals surface area contributed by atoms with E-state index in [0.717, 1.165) is 58.6 Å². The number of hydrogen-bond donors (Lipinski definition) is 2. The van der Waals surface area contributed by atoms with Crippen molar-refractivity contribution in [1.29, 1.82) is 0 Å². The summed E-state index contributed by atoms with van der Waals surface area (Å²) in [5.74, 6) is -0.466. The second-order valence-electron chi connectivity index (χ2n) is 8.88. The van der Waals surface area contributed by atoms with Gasteiger partial charge in [0.05, 0.1) is 37.6 Å². The van der Waals surface area contributed by atoms with Crippen molar-refractivity contribution in [2.24, 2.45) is 0 Å². The number of benzene rings is 2. The number of carbonyl (C=O) groups is 2. The number of aryl methyl sites for hydroxylation is 1. The SMILES string of the molecule is CC(=O)NC[C@H]1CN(c2ccc3c(c2)CCCc2c-3nn(CCO)c2-c2ccc(F)cc2)C(=O)O1. The molecule has 2 amide bonds. The Morgan fingerprint density at radius 3 is 2.77 bits per heavy atom. The predicted molar refractivity (Wildman–Crippen MR) is 128 cm³/mol. The molecule has 1 fully saturated rings. The van der Waals surface area contributed by atoms with Crippen LogP contribution in [0.15, 0.2) is 42.5 Å². The summed E-state index contributed by atoms with van der Waals surface area (Å²) in [6, 6.07) is 12.2. The summed E-state index contributed by atoms with van der Waals surface area (Å²) >= 11 is 0. The first-order chi connectivity index (χ1) is 16.9. The lowest BCUT2D eigenvalue weighted by atomic mass is 9.99. The summed E-state index contributed by atoms with van der Waals surface area (Å²) in [6.45, 7) is 2.35. The Morgan fingerprint density at radius 2 is 2.03 bits per heavy atom. The Bertz CT molecular complexity index is 1270. The van der Waals surface area contributed by atoms with Gasteiger partial charge in [-0.1, -0.05) is 6.07 Å². The molecule has 2 aliphatic rings. The van der Waals surface area contributed by atoms with Crippen LogP contribution in [0.1, 0.15) is 24.5 Å². The Balaban J connectivity index is 1.49. The largest absolute Gasteiger partial charge is 0.442 e. The molecular formula is C26H27FN4O4. The summed E-state index contributed by atoms with van der Waals surface area (Å²) in [4.78, 5) is 25.3. The highest BCUT2D eigenvalue weighted by molar-refractivity contribution is 5.91. The highest BCUT2D eigenvalue weighted by Crippen LogP contribution is 2.39. The van der Waals surface area contributed by atoms with E-state index < -0.39 is 12.2 Å². The maximum Gasteiger partial charge on any atom is 0.414 e. The van der Waals surface area contributed by atoms with Crippen LogP contribution in [0.4, 0.5) is 14.9 Å². The van der Waals surface area contributed by atoms with Crippen molar-refractivity contribution in [2.75, 3.05) is 24.6 Å². The Morgan fingerprint density at radius 1 is 1.23 bits per heavy atom. The van der Waals surface area contributed by atoms with E-state index in [0.29, 0.717) is 13.1 Å². The summed E-state index contributed by atoms with van der Waals surface area (Å²) in [5.41, 5.74) is 6.50. The first-order valence-corrected chi connectivity index (χ1v) is 11.8. The molecule has 2 heterocycles. The number of aliphatic hydroxyl groups excluding tert-OH is 1. The molecule has 1 aromatic heterocycles. The van der Waals surface area contributed by atoms with Crippen LogP contribution in [-0.2, 0) is 28.9 Å². The summed E-state index contributed by atoms with van der Waals surface area (Å²) in [7, 11) is 0. The zero-order chi connectivity index (χ0) is 24.5. The van der Waals surface area contributed by atoms with E-state index in [-0.39, 0.29) is 24.9 Å². The summed E-state index contributed by atoms with van der Waals surface area (Å²) < 4.78 is 20.8. The number of rotatable bonds is 6. The van der Waals surface area contributed by atoms with Gasteiger partial charge in [-0.3, -0.25) is 14.4 Å². The lowest BCUT2D eigenvalue weighted by Gasteiger charge is -2.16. The van der Waals surface area contributed by atoms with E-state index in [1.54, 1.807) is 21.7 Å². The normalized spacial score (nSPS) is 16.9. The van der Waals surface area contributed by atoms with Crippen molar-refractivity contribution >= 4 is 17.7 Å². The number of nitrogens with one attached hydrogen (secondary N) is 1. The van der Waals surface area contributed by atoms with Gasteiger partial charge in [0.1, 0.15) is 11.9 Å². The molecule has 0 unspecified atom stereocenters. The van der Waals surface area contributed by atoms with Gasteiger partial charge in [0, 0.05) is 29.3 Å². The van der Waals surface area contributed by atoms with Crippen LogP contribution in [0.25, 0.3) is 22.5 Å². The van der Waals surface area contributed by atoms with E-state index >= 15 is 0 Å². The quantitative estimate of drug-likeness (QED) is 0.567. The minimum absolute atomic E-state index is 0.0583. The lowest BCUT2D eigenvalue weighted by Crippen LogP contribution is -2.33. The maximum atomic E-state index is 13.6. The van der Waals surface area contributed by atoms with Crippen molar-refractivity contribution in [3.05, 3.63) is 59.4 Å². The van der Waals surface area contributed by atoms with Crippen LogP contribution in [0, 0.1) is 5.82 Å². The molecular weight excluding hydrogens is 451 g/mol. The third-order valence-electron chi connectivity index (χ3n) is 6.46. The summed E-state index contributed by atoms with van der Waals surface area (Å²) in [6.07, 6.45) is 1.67. The van der Waals surface area contributed by atoms with Gasteiger partial charge < -0.3 is 15.2 Å². The zero-order valence-corrected chi connectivity index (χ0v) is 19.5. The molecule has 2 aromatic carbocycles. The minimum Gasteiger partial charge on any atom is -0.442 e. The topological polar surface area (TPSA) is 96.7 Å². The van der Waals surface area contributed by atoms with Gasteiger partial charge in [-0.25, -0.2) is 9.18 Å². The molecule has 182 valence electrons. The highest BCUT2D eigenvalue weighted by Gasteiger charge is 2.33. The van der Waals surface area contributed by atoms with E-state index in [2.05, 4.69) is 5.32 Å². The second-order valence-corrected chi connectivity index (χ2v) is 8.88. The molecule has 1 saturated heterocycles. The molecule has 1 atom stereocenters. The standard InChI is InChI=1S/C26H27FN4O4/c1-16(33)28-14-21-15-30(26(34)35-21)20-9-10-22-18(13-20)3-2-4-23-24(22)29-31(11-12-32)25(23)17-5-7-19(27)8-6-17/h5-10,13,21,32H,2-4,11-12,14-15H2,1H3,(H,28,33)/t21-/m0/s1. The fourth-order valence-corrected chi connectivity index (χ4v) is 4.88. The van der Waals surface area contributed by atoms with Gasteiger partial charge in [0.25, 0.3) is 0 Å². The smallest absolute Gasteiger partial charge is 0.414 e. The number of anilines is 1. The number of aliphatic hydroxyl groups is 1. The van der Waals surface area contributed by atoms with Crippen molar-refractivity contribution in [3.8, 4) is 22.5 Å². The lowest BCUT2D eigenvalue weighted by molar-refractivity contribution is -0.119. The fourth-order valence-electron chi connectivity index (χ4n) is 4.88. The minimum atomic E-state index is -0.430. The molecule has 8 nitrogen and oxygen atoms in total. The number of cyclic esters (lactones) is 1. The number of nitrogens with zero attached hydrogens (tertiary/aromatic N) is 3. The van der Waals surface area contributed by atoms with Gasteiger partial charge >= 0.3 is 6.09 Å². The average molecular weight is 479 g/mol. The molecule has 0 saturated carbocycles. The maximum absolute atomic E-state index is 13.6. The van der Waals surface area contributed by atoms with Crippen molar-refractivity contribution < 1.29 is 23.8 Å². The number of amides is 2. The second kappa shape index (κ2) is 9.50. The molecule has 9 heteroatoms. The predicted octanol–water partition coefficient (Wildman–Crippen LogP) is 3.30. The Kier molecular flexibility index (Phi) is 6.25. The monoisotopic (exact) mass is 478 g/mol. The highest BCUT2D eigenvalue weighted by atomic mass is 19.1. The van der Waals surface area contributed by atoms with Crippen molar-refractivity contribution in [2.45, 2.75) is 38.8 Å². The number of aromatic nitrogens is 2. The molecule has 0 radical (unpaired) electrons. The molecule has 3 aromatic rings. The van der Waals surface area contributed by atoms with Gasteiger partial charge in [-0.15, -0.1) is 0 Å². The molecule has 2 N–H and O–H groups in total. The van der Waals surface area contributed by atoms with Crippen molar-refractivity contribution in [3.63, 3.8) is 0 Å². The fraction of sp³-hybridized carbons (Fsp3) is 0.346. The Hall–Kier alpha value is -3.72. The molecule has 35 heavy (non-hydrogen) atoms. The van der Waals surface area contributed by atoms with Crippen LogP contribution in [0.3, 0.4) is 0 Å². The molecule has 0 bridgehead atoms. The van der Waals surface area contributed by atoms with Crippen LogP contribution < -0.4 is 10.2 Å². The number of ether oxygens (including phenoxy) is 1. The number of carbonyl (C=O) groups excluding carboxylic acids is 2. The van der Waals surface area contributed by atoms with Gasteiger partial charge in [-0.2, -0.15) is 5.10 Å². The van der Waals surface area contributed by atoms with E-state index in [9.17, 15) is 19.1 Å². The van der Waals surface area contributed by atoms with E-state index in [1.165, 1.54) is 19.1 Å². The number of hydrogen-bond acceptors (Lipinski definition) is 5. The zero-order valence-electron chi connectivity index (χ0n) is 19.5. The van der Waals surface area contributed by atoms with E-state index in [4.69, 9.17) is 9.84 Å². The van der Waals surface area contributed by atoms with Crippen LogP contribution in [0.2, 0.25) is 0 Å². The molecule has 1 aliphatic heterocycles. The number of halogens is 1. The van der Waals surface area contributed by atoms with Crippen molar-refractivity contribution in [1.82, 2.24) is 15.1 Å². The third kappa shape index (κ3) is 4.51. The van der Waals surface area contributed by atoms with Gasteiger partial charge in [0.15, 0.2) is 0 Å². The van der Waals surface area contributed by atoms with Crippen LogP contribution in [-0.4, -0.2) is 52.7 Å². The Labute approximate surface area is 202 Å². The van der Waals surface area contributed by atoms with E-state index in [1.807, 2.05) is 18.2 Å². The first-order valence-electron chi connectivity index (χ1n) is 11.8. The van der Waals surface area contributed by atoms with Crippen LogP contribution in [0.5, 0.6) is 0 Å². The van der Waals surface area contributed by atoms with Crippen LogP contribution >= 0.6 is 0 Å².